The van der Waals surface area contributed by atoms with Gasteiger partial charge in [-0.05, 0) is 31.0 Å². The number of rotatable bonds is 4. The standard InChI is InChI=1S/C15H17FN2O2S/c16-10-6-7-13(19)12(8-10)15-17-14(18-20-15)9-21-11-4-2-1-3-5-11/h6-8,11,19H,1-5,9H2. The van der Waals surface area contributed by atoms with Gasteiger partial charge in [0.05, 0.1) is 11.3 Å². The van der Waals surface area contributed by atoms with E-state index in [0.29, 0.717) is 16.8 Å². The fraction of sp³-hybridized carbons (Fsp3) is 0.467. The van der Waals surface area contributed by atoms with E-state index in [-0.39, 0.29) is 17.2 Å². The molecule has 0 unspecified atom stereocenters. The summed E-state index contributed by atoms with van der Waals surface area (Å²) in [7, 11) is 0. The van der Waals surface area contributed by atoms with Crippen LogP contribution < -0.4 is 0 Å². The normalized spacial score (nSPS) is 16.2. The molecule has 6 heteroatoms. The summed E-state index contributed by atoms with van der Waals surface area (Å²) in [5, 5.41) is 14.3. The number of aromatic hydroxyl groups is 1. The number of hydrogen-bond donors (Lipinski definition) is 1. The Balaban J connectivity index is 1.66. The molecule has 0 atom stereocenters. The van der Waals surface area contributed by atoms with Crippen molar-refractivity contribution in [1.82, 2.24) is 10.1 Å². The Hall–Kier alpha value is -1.56. The molecule has 1 aromatic heterocycles. The average Bonchev–Trinajstić information content (AvgIpc) is 2.97. The van der Waals surface area contributed by atoms with Gasteiger partial charge in [-0.3, -0.25) is 0 Å². The van der Waals surface area contributed by atoms with E-state index in [4.69, 9.17) is 4.52 Å². The van der Waals surface area contributed by atoms with E-state index < -0.39 is 5.82 Å². The number of aromatic nitrogens is 2. The van der Waals surface area contributed by atoms with Crippen molar-refractivity contribution in [3.8, 4) is 17.2 Å². The molecule has 0 amide bonds. The molecule has 1 saturated carbocycles. The van der Waals surface area contributed by atoms with E-state index >= 15 is 0 Å². The Morgan fingerprint density at radius 2 is 2.10 bits per heavy atom. The van der Waals surface area contributed by atoms with Crippen LogP contribution in [0.2, 0.25) is 0 Å². The van der Waals surface area contributed by atoms with Gasteiger partial charge in [0.2, 0.25) is 0 Å². The van der Waals surface area contributed by atoms with Crippen molar-refractivity contribution in [2.24, 2.45) is 0 Å². The lowest BCUT2D eigenvalue weighted by molar-refractivity contribution is 0.419. The molecule has 1 N–H and O–H groups in total. The molecule has 0 radical (unpaired) electrons. The minimum absolute atomic E-state index is 0.0634. The van der Waals surface area contributed by atoms with Crippen LogP contribution in [0.15, 0.2) is 22.7 Å². The molecule has 0 bridgehead atoms. The van der Waals surface area contributed by atoms with Gasteiger partial charge >= 0.3 is 0 Å². The molecule has 1 aromatic carbocycles. The van der Waals surface area contributed by atoms with Gasteiger partial charge in [0, 0.05) is 5.25 Å². The number of hydrogen-bond acceptors (Lipinski definition) is 5. The van der Waals surface area contributed by atoms with Crippen molar-refractivity contribution in [2.75, 3.05) is 0 Å². The van der Waals surface area contributed by atoms with Crippen molar-refractivity contribution >= 4 is 11.8 Å². The highest BCUT2D eigenvalue weighted by atomic mass is 32.2. The van der Waals surface area contributed by atoms with Crippen LogP contribution in [-0.4, -0.2) is 20.5 Å². The first kappa shape index (κ1) is 14.4. The molecule has 112 valence electrons. The second-order valence-electron chi connectivity index (χ2n) is 5.25. The molecule has 21 heavy (non-hydrogen) atoms. The molecular formula is C15H17FN2O2S. The zero-order chi connectivity index (χ0) is 14.7. The zero-order valence-electron chi connectivity index (χ0n) is 11.6. The Bertz CT molecular complexity index is 611. The van der Waals surface area contributed by atoms with Gasteiger partial charge in [-0.1, -0.05) is 24.4 Å². The van der Waals surface area contributed by atoms with Crippen LogP contribution >= 0.6 is 11.8 Å². The summed E-state index contributed by atoms with van der Waals surface area (Å²) >= 11 is 1.84. The van der Waals surface area contributed by atoms with Crippen LogP contribution in [0, 0.1) is 5.82 Å². The van der Waals surface area contributed by atoms with Crippen molar-refractivity contribution in [3.05, 3.63) is 29.8 Å². The van der Waals surface area contributed by atoms with E-state index in [1.165, 1.54) is 50.3 Å². The van der Waals surface area contributed by atoms with E-state index in [2.05, 4.69) is 10.1 Å². The Labute approximate surface area is 126 Å². The average molecular weight is 308 g/mol. The van der Waals surface area contributed by atoms with Crippen LogP contribution in [0.4, 0.5) is 4.39 Å². The summed E-state index contributed by atoms with van der Waals surface area (Å²) < 4.78 is 18.4. The van der Waals surface area contributed by atoms with Crippen molar-refractivity contribution in [3.63, 3.8) is 0 Å². The highest BCUT2D eigenvalue weighted by Crippen LogP contribution is 2.31. The molecule has 1 fully saturated rings. The molecule has 1 heterocycles. The largest absolute Gasteiger partial charge is 0.507 e. The van der Waals surface area contributed by atoms with Crippen LogP contribution in [-0.2, 0) is 5.75 Å². The summed E-state index contributed by atoms with van der Waals surface area (Å²) in [6, 6.07) is 3.67. The lowest BCUT2D eigenvalue weighted by Crippen LogP contribution is -2.08. The summed E-state index contributed by atoms with van der Waals surface area (Å²) in [5.41, 5.74) is 0.233. The van der Waals surface area contributed by atoms with Gasteiger partial charge in [-0.15, -0.1) is 0 Å². The molecule has 1 aliphatic rings. The topological polar surface area (TPSA) is 59.2 Å². The number of benzene rings is 1. The van der Waals surface area contributed by atoms with E-state index in [1.54, 1.807) is 0 Å². The van der Waals surface area contributed by atoms with Gasteiger partial charge < -0.3 is 9.63 Å². The van der Waals surface area contributed by atoms with Gasteiger partial charge in [0.25, 0.3) is 5.89 Å². The first-order valence-electron chi connectivity index (χ1n) is 7.15. The van der Waals surface area contributed by atoms with E-state index in [1.807, 2.05) is 11.8 Å². The predicted molar refractivity (Wildman–Crippen MR) is 79.5 cm³/mol. The Morgan fingerprint density at radius 3 is 2.90 bits per heavy atom. The molecule has 0 spiro atoms. The SMILES string of the molecule is Oc1ccc(F)cc1-c1nc(CSC2CCCCC2)no1. The number of thioether (sulfide) groups is 1. The molecular weight excluding hydrogens is 291 g/mol. The van der Waals surface area contributed by atoms with E-state index in [9.17, 15) is 9.50 Å². The molecule has 2 aromatic rings. The van der Waals surface area contributed by atoms with E-state index in [0.717, 1.165) is 0 Å². The van der Waals surface area contributed by atoms with Crippen LogP contribution in [0.1, 0.15) is 37.9 Å². The second-order valence-corrected chi connectivity index (χ2v) is 6.54. The Kier molecular flexibility index (Phi) is 4.43. The summed E-state index contributed by atoms with van der Waals surface area (Å²) in [4.78, 5) is 4.24. The zero-order valence-corrected chi connectivity index (χ0v) is 12.4. The fourth-order valence-corrected chi connectivity index (χ4v) is 3.69. The lowest BCUT2D eigenvalue weighted by atomic mass is 10.0. The minimum atomic E-state index is -0.445. The molecule has 0 aliphatic heterocycles. The third-order valence-corrected chi connectivity index (χ3v) is 5.03. The van der Waals surface area contributed by atoms with Crippen molar-refractivity contribution in [1.29, 1.82) is 0 Å². The monoisotopic (exact) mass is 308 g/mol. The number of halogens is 1. The van der Waals surface area contributed by atoms with Crippen LogP contribution in [0.3, 0.4) is 0 Å². The molecule has 3 rings (SSSR count). The maximum atomic E-state index is 13.2. The van der Waals surface area contributed by atoms with Crippen LogP contribution in [0.5, 0.6) is 5.75 Å². The first-order valence-corrected chi connectivity index (χ1v) is 8.20. The lowest BCUT2D eigenvalue weighted by Gasteiger charge is -2.19. The van der Waals surface area contributed by atoms with Crippen molar-refractivity contribution < 1.29 is 14.0 Å². The minimum Gasteiger partial charge on any atom is -0.507 e. The smallest absolute Gasteiger partial charge is 0.261 e. The first-order chi connectivity index (χ1) is 10.2. The van der Waals surface area contributed by atoms with Crippen LogP contribution in [0.25, 0.3) is 11.5 Å². The molecule has 1 aliphatic carbocycles. The molecule has 0 saturated heterocycles. The van der Waals surface area contributed by atoms with Gasteiger partial charge in [0.1, 0.15) is 11.6 Å². The summed E-state index contributed by atoms with van der Waals surface area (Å²) in [6.45, 7) is 0. The van der Waals surface area contributed by atoms with Gasteiger partial charge in [-0.25, -0.2) is 4.39 Å². The quantitative estimate of drug-likeness (QED) is 0.919. The van der Waals surface area contributed by atoms with Gasteiger partial charge in [-0.2, -0.15) is 16.7 Å². The highest BCUT2D eigenvalue weighted by molar-refractivity contribution is 7.99. The maximum Gasteiger partial charge on any atom is 0.261 e. The number of phenolic OH excluding ortho intramolecular Hbond substituents is 1. The highest BCUT2D eigenvalue weighted by Gasteiger charge is 2.17. The predicted octanol–water partition coefficient (Wildman–Crippen LogP) is 4.15. The number of phenols is 1. The summed E-state index contributed by atoms with van der Waals surface area (Å²) in [6.07, 6.45) is 6.43. The third kappa shape index (κ3) is 3.56. The summed E-state index contributed by atoms with van der Waals surface area (Å²) in [5.74, 6) is 0.922. The third-order valence-electron chi connectivity index (χ3n) is 3.66. The number of nitrogens with zero attached hydrogens (tertiary/aromatic N) is 2. The maximum absolute atomic E-state index is 13.2. The fourth-order valence-electron chi connectivity index (χ4n) is 2.53. The molecule has 4 nitrogen and oxygen atoms in total. The second kappa shape index (κ2) is 6.47. The van der Waals surface area contributed by atoms with Gasteiger partial charge in [0.15, 0.2) is 5.82 Å². The Morgan fingerprint density at radius 1 is 1.29 bits per heavy atom. The van der Waals surface area contributed by atoms with Crippen molar-refractivity contribution in [2.45, 2.75) is 43.1 Å².